The summed E-state index contributed by atoms with van der Waals surface area (Å²) in [7, 11) is 1.62. The van der Waals surface area contributed by atoms with Crippen LogP contribution in [0.1, 0.15) is 34.8 Å². The van der Waals surface area contributed by atoms with Gasteiger partial charge in [-0.05, 0) is 33.1 Å². The summed E-state index contributed by atoms with van der Waals surface area (Å²) >= 11 is 1.61. The van der Waals surface area contributed by atoms with Crippen LogP contribution in [0.2, 0.25) is 0 Å². The summed E-state index contributed by atoms with van der Waals surface area (Å²) in [6, 6.07) is -0.318. The topological polar surface area (TPSA) is 62.3 Å². The molecule has 110 valence electrons. The smallest absolute Gasteiger partial charge is 0.242 e. The van der Waals surface area contributed by atoms with Crippen LogP contribution in [0.4, 0.5) is 0 Å². The molecule has 0 aliphatic carbocycles. The molecule has 20 heavy (non-hydrogen) atoms. The van der Waals surface area contributed by atoms with Gasteiger partial charge in [0.25, 0.3) is 0 Å². The van der Waals surface area contributed by atoms with E-state index in [9.17, 15) is 9.59 Å². The molecule has 1 aromatic heterocycles. The van der Waals surface area contributed by atoms with Crippen LogP contribution in [0.15, 0.2) is 0 Å². The fraction of sp³-hybridized carbons (Fsp3) is 0.643. The number of hydrogen-bond acceptors (Lipinski definition) is 4. The fourth-order valence-corrected chi connectivity index (χ4v) is 3.48. The van der Waals surface area contributed by atoms with Crippen molar-refractivity contribution in [3.05, 3.63) is 15.6 Å². The van der Waals surface area contributed by atoms with Gasteiger partial charge in [0.2, 0.25) is 11.8 Å². The highest BCUT2D eigenvalue weighted by molar-refractivity contribution is 7.11. The molecule has 5 nitrogen and oxygen atoms in total. The minimum absolute atomic E-state index is 0.00620. The summed E-state index contributed by atoms with van der Waals surface area (Å²) < 4.78 is 0. The molecule has 6 heteroatoms. The minimum atomic E-state index is -0.318. The number of likely N-dealkylation sites (N-methyl/N-ethyl adjacent to an activating group) is 1. The number of nitrogens with one attached hydrogen (secondary N) is 1. The Morgan fingerprint density at radius 2 is 2.15 bits per heavy atom. The Bertz CT molecular complexity index is 513. The zero-order chi connectivity index (χ0) is 14.7. The lowest BCUT2D eigenvalue weighted by molar-refractivity contribution is -0.141. The molecule has 1 atom stereocenters. The van der Waals surface area contributed by atoms with E-state index in [4.69, 9.17) is 0 Å². The monoisotopic (exact) mass is 295 g/mol. The van der Waals surface area contributed by atoms with Gasteiger partial charge in [-0.25, -0.2) is 4.98 Å². The number of amides is 2. The molecule has 1 unspecified atom stereocenters. The molecule has 1 aromatic rings. The van der Waals surface area contributed by atoms with Gasteiger partial charge in [0.05, 0.1) is 17.1 Å². The third kappa shape index (κ3) is 3.17. The molecule has 0 aromatic carbocycles. The van der Waals surface area contributed by atoms with Gasteiger partial charge >= 0.3 is 0 Å². The molecule has 0 radical (unpaired) electrons. The molecule has 1 N–H and O–H groups in total. The quantitative estimate of drug-likeness (QED) is 0.917. The molecule has 2 rings (SSSR count). The standard InChI is InChI=1S/C14H21N3O2S/c1-9-11(16-10(2)20-9)8-13(18)17-7-5-4-6-12(17)14(19)15-3/h12H,4-8H2,1-3H3,(H,15,19). The maximum Gasteiger partial charge on any atom is 0.242 e. The van der Waals surface area contributed by atoms with Crippen LogP contribution in [0, 0.1) is 13.8 Å². The SMILES string of the molecule is CNC(=O)C1CCCCN1C(=O)Cc1nc(C)sc1C. The number of piperidine rings is 1. The predicted octanol–water partition coefficient (Wildman–Crippen LogP) is 1.43. The van der Waals surface area contributed by atoms with Crippen LogP contribution in [0.3, 0.4) is 0 Å². The third-order valence-electron chi connectivity index (χ3n) is 3.69. The van der Waals surface area contributed by atoms with Crippen LogP contribution in [0.25, 0.3) is 0 Å². The lowest BCUT2D eigenvalue weighted by atomic mass is 10.0. The Morgan fingerprint density at radius 1 is 1.40 bits per heavy atom. The van der Waals surface area contributed by atoms with Gasteiger partial charge < -0.3 is 10.2 Å². The number of nitrogens with zero attached hydrogens (tertiary/aromatic N) is 2. The van der Waals surface area contributed by atoms with Crippen molar-refractivity contribution < 1.29 is 9.59 Å². The summed E-state index contributed by atoms with van der Waals surface area (Å²) in [4.78, 5) is 31.6. The largest absolute Gasteiger partial charge is 0.357 e. The molecule has 1 aliphatic heterocycles. The second-order valence-electron chi connectivity index (χ2n) is 5.13. The van der Waals surface area contributed by atoms with E-state index >= 15 is 0 Å². The van der Waals surface area contributed by atoms with E-state index in [1.165, 1.54) is 0 Å². The number of aryl methyl sites for hydroxylation is 2. The van der Waals surface area contributed by atoms with Crippen molar-refractivity contribution in [2.75, 3.05) is 13.6 Å². The molecule has 1 fully saturated rings. The van der Waals surface area contributed by atoms with Crippen LogP contribution in [-0.2, 0) is 16.0 Å². The predicted molar refractivity (Wildman–Crippen MR) is 78.7 cm³/mol. The first-order valence-electron chi connectivity index (χ1n) is 6.97. The first kappa shape index (κ1) is 15.0. The second kappa shape index (κ2) is 6.35. The van der Waals surface area contributed by atoms with Crippen molar-refractivity contribution in [2.24, 2.45) is 0 Å². The van der Waals surface area contributed by atoms with Crippen molar-refractivity contribution in [3.8, 4) is 0 Å². The number of likely N-dealkylation sites (tertiary alicyclic amines) is 1. The number of carbonyl (C=O) groups excluding carboxylic acids is 2. The first-order valence-corrected chi connectivity index (χ1v) is 7.78. The Morgan fingerprint density at radius 3 is 2.75 bits per heavy atom. The summed E-state index contributed by atoms with van der Waals surface area (Å²) in [6.45, 7) is 4.60. The van der Waals surface area contributed by atoms with Crippen molar-refractivity contribution in [3.63, 3.8) is 0 Å². The normalized spacial score (nSPS) is 18.9. The van der Waals surface area contributed by atoms with Gasteiger partial charge in [0.15, 0.2) is 0 Å². The molecule has 0 spiro atoms. The zero-order valence-corrected chi connectivity index (χ0v) is 13.0. The lowest BCUT2D eigenvalue weighted by Gasteiger charge is -2.34. The van der Waals surface area contributed by atoms with Crippen LogP contribution in [-0.4, -0.2) is 41.3 Å². The van der Waals surface area contributed by atoms with E-state index < -0.39 is 0 Å². The van der Waals surface area contributed by atoms with E-state index in [1.54, 1.807) is 23.3 Å². The summed E-state index contributed by atoms with van der Waals surface area (Å²) in [6.07, 6.45) is 3.01. The van der Waals surface area contributed by atoms with Gasteiger partial charge in [-0.3, -0.25) is 9.59 Å². The Hall–Kier alpha value is -1.43. The zero-order valence-electron chi connectivity index (χ0n) is 12.2. The molecule has 2 heterocycles. The molecular formula is C14H21N3O2S. The first-order chi connectivity index (χ1) is 9.52. The Labute approximate surface area is 123 Å². The van der Waals surface area contributed by atoms with E-state index in [0.29, 0.717) is 13.0 Å². The molecule has 2 amide bonds. The highest BCUT2D eigenvalue weighted by atomic mass is 32.1. The molecule has 0 saturated carbocycles. The van der Waals surface area contributed by atoms with E-state index in [-0.39, 0.29) is 17.9 Å². The number of aromatic nitrogens is 1. The summed E-state index contributed by atoms with van der Waals surface area (Å²) in [5, 5.41) is 3.63. The number of carbonyl (C=O) groups is 2. The summed E-state index contributed by atoms with van der Waals surface area (Å²) in [5.41, 5.74) is 0.846. The third-order valence-corrected chi connectivity index (χ3v) is 4.62. The maximum absolute atomic E-state index is 12.5. The van der Waals surface area contributed by atoms with Gasteiger partial charge in [0.1, 0.15) is 6.04 Å². The van der Waals surface area contributed by atoms with Crippen LogP contribution < -0.4 is 5.32 Å². The van der Waals surface area contributed by atoms with Gasteiger partial charge in [0, 0.05) is 18.5 Å². The average molecular weight is 295 g/mol. The van der Waals surface area contributed by atoms with Crippen LogP contribution >= 0.6 is 11.3 Å². The highest BCUT2D eigenvalue weighted by Crippen LogP contribution is 2.21. The Kier molecular flexibility index (Phi) is 4.75. The molecular weight excluding hydrogens is 274 g/mol. The summed E-state index contributed by atoms with van der Waals surface area (Å²) in [5.74, 6) is -0.0593. The van der Waals surface area contributed by atoms with Crippen LogP contribution in [0.5, 0.6) is 0 Å². The van der Waals surface area contributed by atoms with Crippen molar-refractivity contribution in [2.45, 2.75) is 45.6 Å². The molecule has 1 aliphatic rings. The molecule has 1 saturated heterocycles. The fourth-order valence-electron chi connectivity index (χ4n) is 2.65. The number of hydrogen-bond donors (Lipinski definition) is 1. The lowest BCUT2D eigenvalue weighted by Crippen LogP contribution is -2.51. The Balaban J connectivity index is 2.10. The highest BCUT2D eigenvalue weighted by Gasteiger charge is 2.31. The van der Waals surface area contributed by atoms with Crippen molar-refractivity contribution >= 4 is 23.2 Å². The van der Waals surface area contributed by atoms with E-state index in [2.05, 4.69) is 10.3 Å². The second-order valence-corrected chi connectivity index (χ2v) is 6.53. The molecule has 0 bridgehead atoms. The van der Waals surface area contributed by atoms with Crippen molar-refractivity contribution in [1.82, 2.24) is 15.2 Å². The van der Waals surface area contributed by atoms with E-state index in [0.717, 1.165) is 34.8 Å². The maximum atomic E-state index is 12.5. The minimum Gasteiger partial charge on any atom is -0.357 e. The van der Waals surface area contributed by atoms with E-state index in [1.807, 2.05) is 13.8 Å². The van der Waals surface area contributed by atoms with Gasteiger partial charge in [-0.15, -0.1) is 11.3 Å². The van der Waals surface area contributed by atoms with Crippen molar-refractivity contribution in [1.29, 1.82) is 0 Å². The number of rotatable bonds is 3. The average Bonchev–Trinajstić information content (AvgIpc) is 2.76. The van der Waals surface area contributed by atoms with Gasteiger partial charge in [-0.1, -0.05) is 0 Å². The number of thiazole rings is 1. The van der Waals surface area contributed by atoms with Gasteiger partial charge in [-0.2, -0.15) is 0 Å².